The average molecular weight is 306 g/mol. The fraction of sp³-hybridized carbons (Fsp3) is 0.643. The van der Waals surface area contributed by atoms with E-state index in [9.17, 15) is 9.59 Å². The number of carbonyl (C=O) groups excluding carboxylic acids is 2. The third kappa shape index (κ3) is 3.43. The highest BCUT2D eigenvalue weighted by Crippen LogP contribution is 2.30. The number of H-pyrrole nitrogens is 1. The van der Waals surface area contributed by atoms with Crippen molar-refractivity contribution >= 4 is 25.4 Å². The van der Waals surface area contributed by atoms with Gasteiger partial charge in [0.15, 0.2) is 7.85 Å². The summed E-state index contributed by atoms with van der Waals surface area (Å²) in [6.07, 6.45) is 2.99. The molecule has 0 radical (unpaired) electrons. The first kappa shape index (κ1) is 16.4. The largest absolute Gasteiger partial charge is 0.453 e. The van der Waals surface area contributed by atoms with Crippen molar-refractivity contribution in [2.75, 3.05) is 13.7 Å². The van der Waals surface area contributed by atoms with Crippen molar-refractivity contribution in [2.24, 2.45) is 5.92 Å². The van der Waals surface area contributed by atoms with Crippen molar-refractivity contribution < 1.29 is 14.3 Å². The molecule has 2 N–H and O–H groups in total. The number of aromatic amines is 1. The molecule has 1 aliphatic rings. The van der Waals surface area contributed by atoms with Crippen LogP contribution in [0.15, 0.2) is 6.20 Å². The van der Waals surface area contributed by atoms with Crippen LogP contribution in [0.1, 0.15) is 38.6 Å². The summed E-state index contributed by atoms with van der Waals surface area (Å²) in [5.41, 5.74) is 0.974. The van der Waals surface area contributed by atoms with Gasteiger partial charge in [0, 0.05) is 12.7 Å². The zero-order valence-electron chi connectivity index (χ0n) is 13.5. The zero-order chi connectivity index (χ0) is 16.3. The summed E-state index contributed by atoms with van der Waals surface area (Å²) in [5.74, 6) is 0.701. The second-order valence-corrected chi connectivity index (χ2v) is 6.00. The molecule has 8 heteroatoms. The maximum Gasteiger partial charge on any atom is 0.407 e. The van der Waals surface area contributed by atoms with Gasteiger partial charge in [0.2, 0.25) is 5.91 Å². The van der Waals surface area contributed by atoms with Gasteiger partial charge in [-0.1, -0.05) is 13.8 Å². The van der Waals surface area contributed by atoms with E-state index in [-0.39, 0.29) is 17.9 Å². The van der Waals surface area contributed by atoms with Crippen molar-refractivity contribution in [3.8, 4) is 0 Å². The predicted molar refractivity (Wildman–Crippen MR) is 84.6 cm³/mol. The van der Waals surface area contributed by atoms with Gasteiger partial charge in [-0.2, -0.15) is 0 Å². The van der Waals surface area contributed by atoms with Crippen LogP contribution < -0.4 is 10.9 Å². The number of carbonyl (C=O) groups is 2. The van der Waals surface area contributed by atoms with E-state index in [2.05, 4.69) is 20.0 Å². The summed E-state index contributed by atoms with van der Waals surface area (Å²) >= 11 is 0. The Hall–Kier alpha value is -1.99. The molecule has 0 aliphatic carbocycles. The number of imidazole rings is 1. The molecule has 0 saturated carbocycles. The van der Waals surface area contributed by atoms with Crippen LogP contribution in [-0.2, 0) is 9.53 Å². The Balaban J connectivity index is 2.16. The van der Waals surface area contributed by atoms with E-state index in [0.29, 0.717) is 6.54 Å². The average Bonchev–Trinajstić information content (AvgIpc) is 3.11. The van der Waals surface area contributed by atoms with E-state index in [1.807, 2.05) is 21.7 Å². The normalized spacial score (nSPS) is 19.3. The summed E-state index contributed by atoms with van der Waals surface area (Å²) < 4.78 is 4.62. The Morgan fingerprint density at radius 3 is 2.82 bits per heavy atom. The molecule has 2 amide bonds. The van der Waals surface area contributed by atoms with Gasteiger partial charge in [-0.05, 0) is 24.4 Å². The fourth-order valence-corrected chi connectivity index (χ4v) is 2.80. The van der Waals surface area contributed by atoms with Crippen LogP contribution in [0.25, 0.3) is 0 Å². The van der Waals surface area contributed by atoms with Gasteiger partial charge >= 0.3 is 6.09 Å². The molecule has 2 atom stereocenters. The quantitative estimate of drug-likeness (QED) is 0.749. The third-order valence-electron chi connectivity index (χ3n) is 3.97. The van der Waals surface area contributed by atoms with Crippen molar-refractivity contribution in [2.45, 2.75) is 38.8 Å². The number of nitrogens with one attached hydrogen (secondary N) is 2. The van der Waals surface area contributed by atoms with E-state index in [1.165, 1.54) is 7.11 Å². The molecule has 0 unspecified atom stereocenters. The molecule has 0 aromatic carbocycles. The fourth-order valence-electron chi connectivity index (χ4n) is 2.80. The molecule has 1 aliphatic heterocycles. The molecule has 1 fully saturated rings. The first-order chi connectivity index (χ1) is 10.4. The second kappa shape index (κ2) is 6.85. The molecule has 2 rings (SSSR count). The highest BCUT2D eigenvalue weighted by molar-refractivity contribution is 6.30. The molecule has 120 valence electrons. The lowest BCUT2D eigenvalue weighted by atomic mass is 10.0. The van der Waals surface area contributed by atoms with Crippen LogP contribution in [0.4, 0.5) is 4.79 Å². The molecule has 1 aromatic heterocycles. The summed E-state index contributed by atoms with van der Waals surface area (Å²) in [4.78, 5) is 33.7. The van der Waals surface area contributed by atoms with Crippen LogP contribution in [0.3, 0.4) is 0 Å². The first-order valence-corrected chi connectivity index (χ1v) is 7.60. The molecule has 0 bridgehead atoms. The number of hydrogen-bond acceptors (Lipinski definition) is 4. The molecule has 1 saturated heterocycles. The van der Waals surface area contributed by atoms with Gasteiger partial charge in [0.1, 0.15) is 11.9 Å². The minimum Gasteiger partial charge on any atom is -0.453 e. The highest BCUT2D eigenvalue weighted by Gasteiger charge is 2.37. The van der Waals surface area contributed by atoms with Crippen LogP contribution in [0.2, 0.25) is 0 Å². The monoisotopic (exact) mass is 306 g/mol. The minimum atomic E-state index is -0.593. The summed E-state index contributed by atoms with van der Waals surface area (Å²) in [7, 11) is 3.23. The number of alkyl carbamates (subject to hydrolysis) is 1. The Labute approximate surface area is 131 Å². The summed E-state index contributed by atoms with van der Waals surface area (Å²) in [5, 5.41) is 2.64. The maximum absolute atomic E-state index is 12.8. The number of hydrogen-bond donors (Lipinski definition) is 2. The van der Waals surface area contributed by atoms with Crippen LogP contribution in [-0.4, -0.2) is 54.4 Å². The van der Waals surface area contributed by atoms with E-state index in [0.717, 1.165) is 24.3 Å². The molecule has 22 heavy (non-hydrogen) atoms. The van der Waals surface area contributed by atoms with E-state index in [4.69, 9.17) is 0 Å². The lowest BCUT2D eigenvalue weighted by Crippen LogP contribution is -2.51. The number of likely N-dealkylation sites (tertiary alicyclic amines) is 1. The first-order valence-electron chi connectivity index (χ1n) is 7.60. The lowest BCUT2D eigenvalue weighted by Gasteiger charge is -2.30. The summed E-state index contributed by atoms with van der Waals surface area (Å²) in [6.45, 7) is 4.48. The molecular formula is C14H23BN4O3. The van der Waals surface area contributed by atoms with Gasteiger partial charge in [-0.15, -0.1) is 0 Å². The maximum atomic E-state index is 12.8. The molecule has 1 aromatic rings. The molecule has 0 spiro atoms. The highest BCUT2D eigenvalue weighted by atomic mass is 16.5. The predicted octanol–water partition coefficient (Wildman–Crippen LogP) is -0.288. The Kier molecular flexibility index (Phi) is 5.10. The lowest BCUT2D eigenvalue weighted by molar-refractivity contribution is -0.135. The number of ether oxygens (including phenoxy) is 1. The number of methoxy groups -OCH3 is 1. The van der Waals surface area contributed by atoms with Crippen molar-refractivity contribution in [1.29, 1.82) is 0 Å². The smallest absolute Gasteiger partial charge is 0.407 e. The van der Waals surface area contributed by atoms with Crippen molar-refractivity contribution in [3.63, 3.8) is 0 Å². The topological polar surface area (TPSA) is 87.3 Å². The third-order valence-corrected chi connectivity index (χ3v) is 3.97. The Bertz CT molecular complexity index is 546. The SMILES string of the molecule is Bc1cnc([C@@H]2CCCN2C(=O)[C@@H](NC(=O)OC)C(C)C)[nH]1. The van der Waals surface area contributed by atoms with Gasteiger partial charge in [0.05, 0.1) is 13.2 Å². The van der Waals surface area contributed by atoms with Crippen molar-refractivity contribution in [3.05, 3.63) is 12.0 Å². The molecule has 7 nitrogen and oxygen atoms in total. The number of nitrogens with zero attached hydrogens (tertiary/aromatic N) is 2. The van der Waals surface area contributed by atoms with E-state index < -0.39 is 12.1 Å². The summed E-state index contributed by atoms with van der Waals surface area (Å²) in [6, 6.07) is -0.647. The Morgan fingerprint density at radius 2 is 2.27 bits per heavy atom. The van der Waals surface area contributed by atoms with E-state index in [1.54, 1.807) is 11.1 Å². The zero-order valence-corrected chi connectivity index (χ0v) is 13.5. The van der Waals surface area contributed by atoms with Gasteiger partial charge in [0.25, 0.3) is 0 Å². The van der Waals surface area contributed by atoms with Crippen LogP contribution in [0.5, 0.6) is 0 Å². The van der Waals surface area contributed by atoms with Gasteiger partial charge in [-0.3, -0.25) is 4.79 Å². The van der Waals surface area contributed by atoms with Crippen LogP contribution >= 0.6 is 0 Å². The van der Waals surface area contributed by atoms with Gasteiger partial charge in [-0.25, -0.2) is 9.78 Å². The standard InChI is InChI=1S/C14H23BN4O3/c1-8(2)11(18-14(21)22-3)13(20)19-6-4-5-9(19)12-16-7-10(15)17-12/h7-9,11H,4-6,15H2,1-3H3,(H,16,17)(H,18,21)/t9-,11-/m0/s1. The molecular weight excluding hydrogens is 283 g/mol. The minimum absolute atomic E-state index is 0.0220. The number of amides is 2. The van der Waals surface area contributed by atoms with Crippen molar-refractivity contribution in [1.82, 2.24) is 20.2 Å². The molecule has 2 heterocycles. The number of aromatic nitrogens is 2. The Morgan fingerprint density at radius 1 is 1.55 bits per heavy atom. The number of rotatable bonds is 4. The van der Waals surface area contributed by atoms with Crippen LogP contribution in [0, 0.1) is 5.92 Å². The van der Waals surface area contributed by atoms with Gasteiger partial charge < -0.3 is 19.9 Å². The van der Waals surface area contributed by atoms with E-state index >= 15 is 0 Å². The second-order valence-electron chi connectivity index (χ2n) is 6.00.